The third-order valence-corrected chi connectivity index (χ3v) is 3.91. The van der Waals surface area contributed by atoms with Gasteiger partial charge in [0.2, 0.25) is 0 Å². The molecule has 2 rings (SSSR count). The van der Waals surface area contributed by atoms with Crippen LogP contribution in [-0.4, -0.2) is 55.1 Å². The van der Waals surface area contributed by atoms with E-state index in [-0.39, 0.29) is 12.1 Å². The molecule has 1 saturated heterocycles. The standard InChI is InChI=1S/C17H26N2O4/c1-13(20)12-15-4-3-9-19(15)17(21)18-14-5-7-16(8-6-14)23-11-10-22-2/h5-8,13,15,20H,3-4,9-12H2,1-2H3,(H,18,21)/t13-,15+/m1/s1. The molecule has 0 unspecified atom stereocenters. The summed E-state index contributed by atoms with van der Waals surface area (Å²) in [6.45, 7) is 3.53. The van der Waals surface area contributed by atoms with Crippen LogP contribution in [0.15, 0.2) is 24.3 Å². The molecule has 1 fully saturated rings. The number of hydrogen-bond donors (Lipinski definition) is 2. The maximum Gasteiger partial charge on any atom is 0.322 e. The van der Waals surface area contributed by atoms with Crippen LogP contribution in [0.4, 0.5) is 10.5 Å². The van der Waals surface area contributed by atoms with Crippen molar-refractivity contribution in [1.29, 1.82) is 0 Å². The highest BCUT2D eigenvalue weighted by Gasteiger charge is 2.29. The maximum atomic E-state index is 12.4. The molecule has 1 aromatic rings. The Bertz CT molecular complexity index is 490. The number of methoxy groups -OCH3 is 1. The van der Waals surface area contributed by atoms with E-state index in [9.17, 15) is 9.90 Å². The van der Waals surface area contributed by atoms with Crippen molar-refractivity contribution in [3.8, 4) is 5.75 Å². The predicted molar refractivity (Wildman–Crippen MR) is 88.9 cm³/mol. The van der Waals surface area contributed by atoms with E-state index in [1.165, 1.54) is 0 Å². The molecule has 0 bridgehead atoms. The van der Waals surface area contributed by atoms with Gasteiger partial charge in [-0.3, -0.25) is 0 Å². The van der Waals surface area contributed by atoms with Gasteiger partial charge in [-0.25, -0.2) is 4.79 Å². The van der Waals surface area contributed by atoms with E-state index in [0.29, 0.717) is 19.6 Å². The van der Waals surface area contributed by atoms with Gasteiger partial charge in [0, 0.05) is 25.4 Å². The molecule has 6 heteroatoms. The summed E-state index contributed by atoms with van der Waals surface area (Å²) >= 11 is 0. The number of aliphatic hydroxyl groups excluding tert-OH is 1. The van der Waals surface area contributed by atoms with Crippen LogP contribution in [0.5, 0.6) is 5.75 Å². The first-order valence-corrected chi connectivity index (χ1v) is 8.07. The summed E-state index contributed by atoms with van der Waals surface area (Å²) in [5.41, 5.74) is 0.733. The van der Waals surface area contributed by atoms with Crippen LogP contribution in [0.1, 0.15) is 26.2 Å². The van der Waals surface area contributed by atoms with E-state index in [2.05, 4.69) is 5.32 Å². The van der Waals surface area contributed by atoms with Gasteiger partial charge in [0.05, 0.1) is 12.7 Å². The Labute approximate surface area is 137 Å². The maximum absolute atomic E-state index is 12.4. The SMILES string of the molecule is COCCOc1ccc(NC(=O)N2CCC[C@H]2C[C@@H](C)O)cc1. The lowest BCUT2D eigenvalue weighted by atomic mass is 10.1. The van der Waals surface area contributed by atoms with Crippen molar-refractivity contribution in [3.05, 3.63) is 24.3 Å². The smallest absolute Gasteiger partial charge is 0.322 e. The van der Waals surface area contributed by atoms with Gasteiger partial charge >= 0.3 is 6.03 Å². The zero-order chi connectivity index (χ0) is 16.7. The molecule has 6 nitrogen and oxygen atoms in total. The number of anilines is 1. The summed E-state index contributed by atoms with van der Waals surface area (Å²) in [6, 6.07) is 7.29. The van der Waals surface area contributed by atoms with Gasteiger partial charge in [-0.2, -0.15) is 0 Å². The third kappa shape index (κ3) is 5.41. The molecule has 2 amide bonds. The molecular weight excluding hydrogens is 296 g/mol. The van der Waals surface area contributed by atoms with Crippen molar-refractivity contribution in [2.75, 3.05) is 32.2 Å². The lowest BCUT2D eigenvalue weighted by molar-refractivity contribution is 0.142. The number of carbonyl (C=O) groups is 1. The van der Waals surface area contributed by atoms with E-state index in [1.54, 1.807) is 14.0 Å². The van der Waals surface area contributed by atoms with Gasteiger partial charge < -0.3 is 24.8 Å². The second kappa shape index (κ2) is 8.74. The van der Waals surface area contributed by atoms with Crippen LogP contribution in [0.2, 0.25) is 0 Å². The van der Waals surface area contributed by atoms with Crippen LogP contribution in [0.3, 0.4) is 0 Å². The monoisotopic (exact) mass is 322 g/mol. The average Bonchev–Trinajstić information content (AvgIpc) is 2.96. The quantitative estimate of drug-likeness (QED) is 0.757. The highest BCUT2D eigenvalue weighted by molar-refractivity contribution is 5.89. The Morgan fingerprint density at radius 1 is 1.39 bits per heavy atom. The average molecular weight is 322 g/mol. The number of hydrogen-bond acceptors (Lipinski definition) is 4. The summed E-state index contributed by atoms with van der Waals surface area (Å²) < 4.78 is 10.4. The first kappa shape index (κ1) is 17.6. The molecule has 0 aromatic heterocycles. The third-order valence-electron chi connectivity index (χ3n) is 3.91. The van der Waals surface area contributed by atoms with Crippen LogP contribution in [-0.2, 0) is 4.74 Å². The molecule has 1 aromatic carbocycles. The summed E-state index contributed by atoms with van der Waals surface area (Å²) in [4.78, 5) is 14.2. The highest BCUT2D eigenvalue weighted by Crippen LogP contribution is 2.23. The fourth-order valence-electron chi connectivity index (χ4n) is 2.81. The van der Waals surface area contributed by atoms with Gasteiger partial charge in [0.1, 0.15) is 12.4 Å². The Kier molecular flexibility index (Phi) is 6.67. The number of benzene rings is 1. The zero-order valence-electron chi connectivity index (χ0n) is 13.8. The molecule has 2 atom stereocenters. The second-order valence-electron chi connectivity index (χ2n) is 5.87. The molecule has 0 saturated carbocycles. The molecule has 2 N–H and O–H groups in total. The Morgan fingerprint density at radius 3 is 2.78 bits per heavy atom. The Morgan fingerprint density at radius 2 is 2.13 bits per heavy atom. The fraction of sp³-hybridized carbons (Fsp3) is 0.588. The van der Waals surface area contributed by atoms with Crippen LogP contribution >= 0.6 is 0 Å². The fourth-order valence-corrected chi connectivity index (χ4v) is 2.81. The van der Waals surface area contributed by atoms with Crippen molar-refractivity contribution in [1.82, 2.24) is 4.90 Å². The van der Waals surface area contributed by atoms with Gasteiger partial charge in [-0.15, -0.1) is 0 Å². The van der Waals surface area contributed by atoms with E-state index in [0.717, 1.165) is 30.8 Å². The number of rotatable bonds is 7. The van der Waals surface area contributed by atoms with Crippen molar-refractivity contribution in [2.45, 2.75) is 38.3 Å². The number of urea groups is 1. The number of nitrogens with zero attached hydrogens (tertiary/aromatic N) is 1. The Balaban J connectivity index is 1.87. The van der Waals surface area contributed by atoms with Gasteiger partial charge in [-0.05, 0) is 50.5 Å². The minimum atomic E-state index is -0.392. The summed E-state index contributed by atoms with van der Waals surface area (Å²) in [6.07, 6.45) is 2.17. The number of aliphatic hydroxyl groups is 1. The molecule has 1 heterocycles. The lowest BCUT2D eigenvalue weighted by Gasteiger charge is -2.26. The highest BCUT2D eigenvalue weighted by atomic mass is 16.5. The van der Waals surface area contributed by atoms with Gasteiger partial charge in [0.15, 0.2) is 0 Å². The van der Waals surface area contributed by atoms with Crippen molar-refractivity contribution in [3.63, 3.8) is 0 Å². The number of amides is 2. The number of ether oxygens (including phenoxy) is 2. The molecular formula is C17H26N2O4. The van der Waals surface area contributed by atoms with E-state index in [4.69, 9.17) is 9.47 Å². The molecule has 0 aliphatic carbocycles. The normalized spacial score (nSPS) is 18.7. The molecule has 0 spiro atoms. The minimum Gasteiger partial charge on any atom is -0.491 e. The largest absolute Gasteiger partial charge is 0.491 e. The van der Waals surface area contributed by atoms with Gasteiger partial charge in [-0.1, -0.05) is 0 Å². The summed E-state index contributed by atoms with van der Waals surface area (Å²) in [5.74, 6) is 0.744. The van der Waals surface area contributed by atoms with Crippen molar-refractivity contribution < 1.29 is 19.4 Å². The van der Waals surface area contributed by atoms with E-state index >= 15 is 0 Å². The predicted octanol–water partition coefficient (Wildman–Crippen LogP) is 2.48. The van der Waals surface area contributed by atoms with Crippen molar-refractivity contribution >= 4 is 11.7 Å². The van der Waals surface area contributed by atoms with Crippen LogP contribution in [0, 0.1) is 0 Å². The summed E-state index contributed by atoms with van der Waals surface area (Å²) in [5, 5.41) is 12.4. The zero-order valence-corrected chi connectivity index (χ0v) is 13.8. The van der Waals surface area contributed by atoms with E-state index in [1.807, 2.05) is 29.2 Å². The molecule has 1 aliphatic rings. The van der Waals surface area contributed by atoms with Crippen LogP contribution in [0.25, 0.3) is 0 Å². The minimum absolute atomic E-state index is 0.110. The molecule has 0 radical (unpaired) electrons. The summed E-state index contributed by atoms with van der Waals surface area (Å²) in [7, 11) is 1.63. The molecule has 128 valence electrons. The van der Waals surface area contributed by atoms with Crippen molar-refractivity contribution in [2.24, 2.45) is 0 Å². The topological polar surface area (TPSA) is 71.0 Å². The van der Waals surface area contributed by atoms with Gasteiger partial charge in [0.25, 0.3) is 0 Å². The Hall–Kier alpha value is -1.79. The molecule has 1 aliphatic heterocycles. The first-order chi connectivity index (χ1) is 11.1. The number of carbonyl (C=O) groups excluding carboxylic acids is 1. The first-order valence-electron chi connectivity index (χ1n) is 8.07. The number of likely N-dealkylation sites (tertiary alicyclic amines) is 1. The van der Waals surface area contributed by atoms with E-state index < -0.39 is 6.10 Å². The second-order valence-corrected chi connectivity index (χ2v) is 5.87. The van der Waals surface area contributed by atoms with Crippen LogP contribution < -0.4 is 10.1 Å². The lowest BCUT2D eigenvalue weighted by Crippen LogP contribution is -2.40. The number of nitrogens with one attached hydrogen (secondary N) is 1. The molecule has 23 heavy (non-hydrogen) atoms.